The van der Waals surface area contributed by atoms with Gasteiger partial charge in [-0.1, -0.05) is 17.7 Å². The highest BCUT2D eigenvalue weighted by molar-refractivity contribution is 6.36. The van der Waals surface area contributed by atoms with Crippen LogP contribution in [0.25, 0.3) is 21.8 Å². The molecule has 0 unspecified atom stereocenters. The third-order valence-electron chi connectivity index (χ3n) is 2.26. The second-order valence-electron chi connectivity index (χ2n) is 3.06. The predicted octanol–water partition coefficient (Wildman–Crippen LogP) is 2.76. The van der Waals surface area contributed by atoms with Crippen molar-refractivity contribution in [1.29, 1.82) is 0 Å². The van der Waals surface area contributed by atoms with Crippen molar-refractivity contribution in [2.24, 2.45) is 0 Å². The normalized spacial score (nSPS) is 11.2. The van der Waals surface area contributed by atoms with Gasteiger partial charge in [0.05, 0.1) is 22.7 Å². The maximum atomic E-state index is 6.06. The Balaban J connectivity index is 2.67. The lowest BCUT2D eigenvalue weighted by Gasteiger charge is -2.00. The predicted molar refractivity (Wildman–Crippen MR) is 56.4 cm³/mol. The van der Waals surface area contributed by atoms with E-state index >= 15 is 0 Å². The summed E-state index contributed by atoms with van der Waals surface area (Å²) in [6.45, 7) is 0. The molecular weight excluding hydrogens is 198 g/mol. The molecule has 0 aliphatic carbocycles. The number of halogens is 1. The number of H-pyrrole nitrogens is 1. The average molecular weight is 204 g/mol. The van der Waals surface area contributed by atoms with E-state index in [1.54, 1.807) is 12.5 Å². The van der Waals surface area contributed by atoms with E-state index in [1.807, 2.05) is 18.2 Å². The van der Waals surface area contributed by atoms with Crippen LogP contribution in [0.4, 0.5) is 0 Å². The van der Waals surface area contributed by atoms with Crippen molar-refractivity contribution in [3.63, 3.8) is 0 Å². The van der Waals surface area contributed by atoms with Gasteiger partial charge in [-0.3, -0.25) is 4.98 Å². The monoisotopic (exact) mass is 203 g/mol. The van der Waals surface area contributed by atoms with E-state index in [-0.39, 0.29) is 0 Å². The molecule has 0 bridgehead atoms. The molecule has 14 heavy (non-hydrogen) atoms. The second kappa shape index (κ2) is 2.69. The lowest BCUT2D eigenvalue weighted by molar-refractivity contribution is 1.22. The number of nitrogens with zero attached hydrogens (tertiary/aromatic N) is 2. The maximum absolute atomic E-state index is 6.06. The summed E-state index contributed by atoms with van der Waals surface area (Å²) in [5.74, 6) is 0. The van der Waals surface area contributed by atoms with E-state index in [9.17, 15) is 0 Å². The standard InChI is InChI=1S/C10H6ClN3/c11-10-8-7(13-5-14-10)2-1-6-3-4-12-9(6)8/h1-5H,(H,13,14). The van der Waals surface area contributed by atoms with Gasteiger partial charge in [-0.05, 0) is 12.1 Å². The summed E-state index contributed by atoms with van der Waals surface area (Å²) in [7, 11) is 0. The zero-order valence-corrected chi connectivity index (χ0v) is 7.92. The molecule has 0 fully saturated rings. The fourth-order valence-electron chi connectivity index (χ4n) is 1.62. The zero-order chi connectivity index (χ0) is 9.54. The van der Waals surface area contributed by atoms with E-state index in [2.05, 4.69) is 15.0 Å². The average Bonchev–Trinajstić information content (AvgIpc) is 2.65. The third kappa shape index (κ3) is 0.930. The summed E-state index contributed by atoms with van der Waals surface area (Å²) in [4.78, 5) is 11.3. The van der Waals surface area contributed by atoms with Gasteiger partial charge >= 0.3 is 0 Å². The maximum Gasteiger partial charge on any atom is 0.119 e. The van der Waals surface area contributed by atoms with Crippen molar-refractivity contribution in [2.45, 2.75) is 0 Å². The molecule has 68 valence electrons. The van der Waals surface area contributed by atoms with E-state index in [0.717, 1.165) is 21.8 Å². The molecule has 1 aromatic carbocycles. The molecule has 0 aliphatic heterocycles. The number of aromatic amines is 1. The highest BCUT2D eigenvalue weighted by Gasteiger charge is 2.06. The smallest absolute Gasteiger partial charge is 0.119 e. The summed E-state index contributed by atoms with van der Waals surface area (Å²) in [5, 5.41) is 2.55. The van der Waals surface area contributed by atoms with Gasteiger partial charge in [0.1, 0.15) is 5.15 Å². The molecule has 3 rings (SSSR count). The van der Waals surface area contributed by atoms with Crippen molar-refractivity contribution in [3.05, 3.63) is 35.9 Å². The van der Waals surface area contributed by atoms with Crippen molar-refractivity contribution < 1.29 is 0 Å². The lowest BCUT2D eigenvalue weighted by Crippen LogP contribution is -1.84. The van der Waals surface area contributed by atoms with E-state index in [1.165, 1.54) is 0 Å². The Hall–Kier alpha value is -1.61. The fourth-order valence-corrected chi connectivity index (χ4v) is 1.85. The van der Waals surface area contributed by atoms with E-state index in [0.29, 0.717) is 5.15 Å². The molecule has 0 spiro atoms. The minimum Gasteiger partial charge on any atom is -0.336 e. The Kier molecular flexibility index (Phi) is 1.49. The number of nitrogens with one attached hydrogen (secondary N) is 1. The molecule has 4 heteroatoms. The van der Waals surface area contributed by atoms with Gasteiger partial charge in [0, 0.05) is 11.6 Å². The molecule has 3 aromatic rings. The van der Waals surface area contributed by atoms with Crippen LogP contribution in [0.5, 0.6) is 0 Å². The molecule has 0 saturated carbocycles. The number of aromatic nitrogens is 3. The third-order valence-corrected chi connectivity index (χ3v) is 2.56. The van der Waals surface area contributed by atoms with Crippen LogP contribution in [-0.2, 0) is 0 Å². The fraction of sp³-hybridized carbons (Fsp3) is 0. The van der Waals surface area contributed by atoms with Gasteiger partial charge in [-0.25, -0.2) is 4.98 Å². The SMILES string of the molecule is Clc1[nH]cnc2ccc3ccnc3c12. The first-order chi connectivity index (χ1) is 6.86. The number of hydrogen-bond acceptors (Lipinski definition) is 2. The lowest BCUT2D eigenvalue weighted by atomic mass is 10.2. The number of benzene rings is 1. The molecule has 1 N–H and O–H groups in total. The quantitative estimate of drug-likeness (QED) is 0.571. The van der Waals surface area contributed by atoms with Crippen LogP contribution < -0.4 is 0 Å². The Labute approximate surface area is 84.7 Å². The summed E-state index contributed by atoms with van der Waals surface area (Å²) < 4.78 is 0. The Morgan fingerprint density at radius 3 is 3.00 bits per heavy atom. The minimum atomic E-state index is 0.583. The molecule has 2 heterocycles. The van der Waals surface area contributed by atoms with Crippen molar-refractivity contribution in [3.8, 4) is 0 Å². The zero-order valence-electron chi connectivity index (χ0n) is 7.16. The minimum absolute atomic E-state index is 0.583. The number of hydrogen-bond donors (Lipinski definition) is 1. The highest BCUT2D eigenvalue weighted by Crippen LogP contribution is 2.26. The Morgan fingerprint density at radius 2 is 2.07 bits per heavy atom. The van der Waals surface area contributed by atoms with Crippen LogP contribution in [-0.4, -0.2) is 15.0 Å². The van der Waals surface area contributed by atoms with Crippen LogP contribution in [0.1, 0.15) is 0 Å². The largest absolute Gasteiger partial charge is 0.336 e. The van der Waals surface area contributed by atoms with Crippen LogP contribution in [0.3, 0.4) is 0 Å². The van der Waals surface area contributed by atoms with Gasteiger partial charge in [0.2, 0.25) is 0 Å². The first-order valence-electron chi connectivity index (χ1n) is 4.22. The van der Waals surface area contributed by atoms with Gasteiger partial charge in [0.25, 0.3) is 0 Å². The van der Waals surface area contributed by atoms with Crippen LogP contribution in [0.2, 0.25) is 5.15 Å². The van der Waals surface area contributed by atoms with E-state index < -0.39 is 0 Å². The topological polar surface area (TPSA) is 41.6 Å². The van der Waals surface area contributed by atoms with Gasteiger partial charge in [0.15, 0.2) is 0 Å². The van der Waals surface area contributed by atoms with Crippen LogP contribution in [0, 0.1) is 0 Å². The van der Waals surface area contributed by atoms with Crippen LogP contribution >= 0.6 is 11.6 Å². The summed E-state index contributed by atoms with van der Waals surface area (Å²) in [6.07, 6.45) is 3.35. The summed E-state index contributed by atoms with van der Waals surface area (Å²) >= 11 is 6.06. The van der Waals surface area contributed by atoms with Gasteiger partial charge in [-0.15, -0.1) is 0 Å². The Morgan fingerprint density at radius 1 is 1.14 bits per heavy atom. The molecule has 0 radical (unpaired) electrons. The molecule has 0 aliphatic rings. The number of rotatable bonds is 0. The molecular formula is C10H6ClN3. The summed E-state index contributed by atoms with van der Waals surface area (Å²) in [6, 6.07) is 5.89. The molecule has 2 aromatic heterocycles. The molecule has 0 saturated heterocycles. The molecule has 3 nitrogen and oxygen atoms in total. The van der Waals surface area contributed by atoms with Gasteiger partial charge < -0.3 is 4.98 Å². The molecule has 0 amide bonds. The van der Waals surface area contributed by atoms with E-state index in [4.69, 9.17) is 11.6 Å². The highest BCUT2D eigenvalue weighted by atomic mass is 35.5. The second-order valence-corrected chi connectivity index (χ2v) is 3.44. The Bertz CT molecular complexity index is 615. The molecule has 0 atom stereocenters. The van der Waals surface area contributed by atoms with Crippen molar-refractivity contribution in [1.82, 2.24) is 15.0 Å². The van der Waals surface area contributed by atoms with Crippen molar-refractivity contribution in [2.75, 3.05) is 0 Å². The number of fused-ring (bicyclic) bond motifs is 3. The van der Waals surface area contributed by atoms with Gasteiger partial charge in [-0.2, -0.15) is 0 Å². The van der Waals surface area contributed by atoms with Crippen molar-refractivity contribution >= 4 is 33.4 Å². The summed E-state index contributed by atoms with van der Waals surface area (Å²) in [5.41, 5.74) is 1.76. The first-order valence-corrected chi connectivity index (χ1v) is 4.60. The first kappa shape index (κ1) is 7.76. The van der Waals surface area contributed by atoms with Crippen LogP contribution in [0.15, 0.2) is 30.7 Å².